The number of halogens is 1. The molecule has 160 valence electrons. The van der Waals surface area contributed by atoms with Crippen molar-refractivity contribution < 1.29 is 9.18 Å². The van der Waals surface area contributed by atoms with Crippen LogP contribution in [0.2, 0.25) is 0 Å². The summed E-state index contributed by atoms with van der Waals surface area (Å²) in [6.07, 6.45) is 6.01. The Balaban J connectivity index is 1.63. The molecule has 0 aliphatic heterocycles. The summed E-state index contributed by atoms with van der Waals surface area (Å²) in [5.41, 5.74) is 7.51. The molecule has 1 aromatic carbocycles. The van der Waals surface area contributed by atoms with Crippen LogP contribution in [0.1, 0.15) is 31.2 Å². The molecule has 0 spiro atoms. The lowest BCUT2D eigenvalue weighted by Gasteiger charge is -2.27. The van der Waals surface area contributed by atoms with E-state index in [2.05, 4.69) is 15.3 Å². The number of pyridine rings is 1. The van der Waals surface area contributed by atoms with E-state index in [1.165, 1.54) is 10.6 Å². The van der Waals surface area contributed by atoms with Gasteiger partial charge in [-0.1, -0.05) is 24.6 Å². The van der Waals surface area contributed by atoms with Crippen LogP contribution in [-0.4, -0.2) is 26.5 Å². The molecule has 7 nitrogen and oxygen atoms in total. The van der Waals surface area contributed by atoms with Crippen LogP contribution in [0.25, 0.3) is 16.9 Å². The SMILES string of the molecule is Cc1ccc(=O)n(-c2cccc(-c3nc(N[C@H]4CCC[C@@H](C(N)=O)C4)ncc3F)c2)c1. The van der Waals surface area contributed by atoms with Gasteiger partial charge in [-0.3, -0.25) is 14.2 Å². The Bertz CT molecular complexity index is 1180. The van der Waals surface area contributed by atoms with E-state index in [0.717, 1.165) is 31.0 Å². The molecule has 1 aliphatic rings. The largest absolute Gasteiger partial charge is 0.369 e. The first-order chi connectivity index (χ1) is 14.9. The Morgan fingerprint density at radius 2 is 2.10 bits per heavy atom. The summed E-state index contributed by atoms with van der Waals surface area (Å²) in [6, 6.07) is 10.3. The molecule has 4 rings (SSSR count). The Hall–Kier alpha value is -3.55. The van der Waals surface area contributed by atoms with E-state index < -0.39 is 5.82 Å². The highest BCUT2D eigenvalue weighted by Crippen LogP contribution is 2.27. The van der Waals surface area contributed by atoms with Gasteiger partial charge in [-0.05, 0) is 43.9 Å². The standard InChI is InChI=1S/C23H24FN5O2/c1-14-8-9-20(30)29(13-14)18-7-3-4-15(11-18)21-19(24)12-26-23(28-21)27-17-6-2-5-16(10-17)22(25)31/h3-4,7-9,11-13,16-17H,2,5-6,10H2,1H3,(H2,25,31)(H,26,27,28)/t16-,17+/m1/s1. The number of carbonyl (C=O) groups excluding carboxylic acids is 1. The lowest BCUT2D eigenvalue weighted by molar-refractivity contribution is -0.122. The Morgan fingerprint density at radius 3 is 2.90 bits per heavy atom. The second-order valence-corrected chi connectivity index (χ2v) is 7.96. The van der Waals surface area contributed by atoms with Gasteiger partial charge in [0.25, 0.3) is 5.56 Å². The van der Waals surface area contributed by atoms with Crippen LogP contribution in [-0.2, 0) is 4.79 Å². The zero-order valence-corrected chi connectivity index (χ0v) is 17.2. The van der Waals surface area contributed by atoms with E-state index in [0.29, 0.717) is 23.6 Å². The van der Waals surface area contributed by atoms with E-state index in [1.807, 2.05) is 6.92 Å². The summed E-state index contributed by atoms with van der Waals surface area (Å²) in [6.45, 7) is 1.90. The monoisotopic (exact) mass is 421 g/mol. The van der Waals surface area contributed by atoms with Crippen molar-refractivity contribution in [2.24, 2.45) is 11.7 Å². The second kappa shape index (κ2) is 8.67. The molecule has 1 saturated carbocycles. The van der Waals surface area contributed by atoms with Gasteiger partial charge >= 0.3 is 0 Å². The number of nitrogens with two attached hydrogens (primary N) is 1. The molecule has 8 heteroatoms. The fourth-order valence-corrected chi connectivity index (χ4v) is 4.00. The third kappa shape index (κ3) is 4.63. The first kappa shape index (κ1) is 20.7. The highest BCUT2D eigenvalue weighted by Gasteiger charge is 2.26. The predicted octanol–water partition coefficient (Wildman–Crippen LogP) is 3.20. The van der Waals surface area contributed by atoms with Gasteiger partial charge in [-0.15, -0.1) is 0 Å². The van der Waals surface area contributed by atoms with Crippen molar-refractivity contribution in [2.45, 2.75) is 38.6 Å². The van der Waals surface area contributed by atoms with Gasteiger partial charge in [0.15, 0.2) is 5.82 Å². The molecule has 1 aliphatic carbocycles. The molecule has 1 amide bonds. The number of amides is 1. The Kier molecular flexibility index (Phi) is 5.79. The average Bonchev–Trinajstić information content (AvgIpc) is 2.77. The average molecular weight is 421 g/mol. The number of carbonyl (C=O) groups is 1. The van der Waals surface area contributed by atoms with Gasteiger partial charge < -0.3 is 11.1 Å². The quantitative estimate of drug-likeness (QED) is 0.659. The van der Waals surface area contributed by atoms with Crippen molar-refractivity contribution in [3.63, 3.8) is 0 Å². The second-order valence-electron chi connectivity index (χ2n) is 7.96. The Labute approximate surface area is 179 Å². The van der Waals surface area contributed by atoms with Crippen LogP contribution in [0, 0.1) is 18.7 Å². The number of aromatic nitrogens is 3. The summed E-state index contributed by atoms with van der Waals surface area (Å²) in [5, 5.41) is 3.21. The van der Waals surface area contributed by atoms with E-state index in [-0.39, 0.29) is 29.1 Å². The third-order valence-corrected chi connectivity index (χ3v) is 5.61. The van der Waals surface area contributed by atoms with Crippen LogP contribution in [0.5, 0.6) is 0 Å². The molecule has 2 heterocycles. The van der Waals surface area contributed by atoms with Crippen molar-refractivity contribution in [2.75, 3.05) is 5.32 Å². The minimum absolute atomic E-state index is 0.00164. The Morgan fingerprint density at radius 1 is 1.26 bits per heavy atom. The number of anilines is 1. The lowest BCUT2D eigenvalue weighted by Crippen LogP contribution is -2.34. The van der Waals surface area contributed by atoms with Crippen molar-refractivity contribution in [1.29, 1.82) is 0 Å². The maximum atomic E-state index is 14.6. The third-order valence-electron chi connectivity index (χ3n) is 5.61. The number of hydrogen-bond donors (Lipinski definition) is 2. The van der Waals surface area contributed by atoms with Gasteiger partial charge in [0, 0.05) is 35.5 Å². The number of aryl methyl sites for hydroxylation is 1. The molecular formula is C23H24FN5O2. The van der Waals surface area contributed by atoms with Crippen LogP contribution in [0.3, 0.4) is 0 Å². The van der Waals surface area contributed by atoms with Crippen LogP contribution < -0.4 is 16.6 Å². The minimum atomic E-state index is -0.557. The summed E-state index contributed by atoms with van der Waals surface area (Å²) < 4.78 is 16.1. The molecule has 2 atom stereocenters. The summed E-state index contributed by atoms with van der Waals surface area (Å²) >= 11 is 0. The van der Waals surface area contributed by atoms with E-state index in [9.17, 15) is 14.0 Å². The number of hydrogen-bond acceptors (Lipinski definition) is 5. The van der Waals surface area contributed by atoms with E-state index in [4.69, 9.17) is 5.73 Å². The van der Waals surface area contributed by atoms with Gasteiger partial charge in [0.2, 0.25) is 11.9 Å². The van der Waals surface area contributed by atoms with E-state index >= 15 is 0 Å². The maximum absolute atomic E-state index is 14.6. The zero-order chi connectivity index (χ0) is 22.0. The van der Waals surface area contributed by atoms with Gasteiger partial charge in [0.1, 0.15) is 5.69 Å². The predicted molar refractivity (Wildman–Crippen MR) is 116 cm³/mol. The minimum Gasteiger partial charge on any atom is -0.369 e. The molecule has 0 saturated heterocycles. The summed E-state index contributed by atoms with van der Waals surface area (Å²) in [7, 11) is 0. The molecule has 2 aromatic heterocycles. The highest BCUT2D eigenvalue weighted by atomic mass is 19.1. The van der Waals surface area contributed by atoms with Crippen molar-refractivity contribution in [1.82, 2.24) is 14.5 Å². The molecular weight excluding hydrogens is 397 g/mol. The van der Waals surface area contributed by atoms with Crippen LogP contribution in [0.15, 0.2) is 53.6 Å². The molecule has 0 unspecified atom stereocenters. The fraction of sp³-hybridized carbons (Fsp3) is 0.304. The number of primary amides is 1. The summed E-state index contributed by atoms with van der Waals surface area (Å²) in [5.74, 6) is -0.728. The number of nitrogens with zero attached hydrogens (tertiary/aromatic N) is 3. The van der Waals surface area contributed by atoms with Crippen molar-refractivity contribution in [3.05, 3.63) is 70.5 Å². The van der Waals surface area contributed by atoms with Crippen LogP contribution in [0.4, 0.5) is 10.3 Å². The molecule has 3 N–H and O–H groups in total. The smallest absolute Gasteiger partial charge is 0.255 e. The molecule has 31 heavy (non-hydrogen) atoms. The number of rotatable bonds is 5. The highest BCUT2D eigenvalue weighted by molar-refractivity contribution is 5.76. The normalized spacial score (nSPS) is 18.5. The maximum Gasteiger partial charge on any atom is 0.255 e. The first-order valence-corrected chi connectivity index (χ1v) is 10.3. The molecule has 0 radical (unpaired) electrons. The van der Waals surface area contributed by atoms with Crippen molar-refractivity contribution in [3.8, 4) is 16.9 Å². The lowest BCUT2D eigenvalue weighted by atomic mass is 9.85. The first-order valence-electron chi connectivity index (χ1n) is 10.3. The van der Waals surface area contributed by atoms with Gasteiger partial charge in [-0.25, -0.2) is 14.4 Å². The van der Waals surface area contributed by atoms with Crippen LogP contribution >= 0.6 is 0 Å². The van der Waals surface area contributed by atoms with Gasteiger partial charge in [-0.2, -0.15) is 0 Å². The molecule has 3 aromatic rings. The van der Waals surface area contributed by atoms with E-state index in [1.54, 1.807) is 36.5 Å². The van der Waals surface area contributed by atoms with Gasteiger partial charge in [0.05, 0.1) is 6.20 Å². The fourth-order valence-electron chi connectivity index (χ4n) is 4.00. The zero-order valence-electron chi connectivity index (χ0n) is 17.2. The molecule has 0 bridgehead atoms. The topological polar surface area (TPSA) is 103 Å². The molecule has 1 fully saturated rings. The number of benzene rings is 1. The summed E-state index contributed by atoms with van der Waals surface area (Å²) in [4.78, 5) is 32.2. The van der Waals surface area contributed by atoms with Crippen molar-refractivity contribution >= 4 is 11.9 Å². The number of nitrogens with one attached hydrogen (secondary N) is 1.